The molecule has 2 aromatic rings. The first-order valence-electron chi connectivity index (χ1n) is 7.30. The lowest BCUT2D eigenvalue weighted by molar-refractivity contribution is -0.116. The highest BCUT2D eigenvalue weighted by Gasteiger charge is 2.04. The highest BCUT2D eigenvalue weighted by atomic mass is 35.5. The number of halogens is 1. The summed E-state index contributed by atoms with van der Waals surface area (Å²) in [6.45, 7) is 4.47. The third kappa shape index (κ3) is 5.08. The SMILES string of the molecule is Cc1ccc(NC(=O)CCCOc2ccc(Cl)cc2C)cc1. The van der Waals surface area contributed by atoms with Crippen molar-refractivity contribution >= 4 is 23.2 Å². The summed E-state index contributed by atoms with van der Waals surface area (Å²) < 4.78 is 5.67. The predicted molar refractivity (Wildman–Crippen MR) is 90.7 cm³/mol. The fourth-order valence-electron chi connectivity index (χ4n) is 2.05. The summed E-state index contributed by atoms with van der Waals surface area (Å²) in [5.74, 6) is 0.809. The zero-order chi connectivity index (χ0) is 15.9. The van der Waals surface area contributed by atoms with Crippen LogP contribution in [0, 0.1) is 13.8 Å². The lowest BCUT2D eigenvalue weighted by Crippen LogP contribution is -2.12. The molecule has 2 rings (SSSR count). The van der Waals surface area contributed by atoms with Gasteiger partial charge in [0.05, 0.1) is 6.61 Å². The van der Waals surface area contributed by atoms with E-state index in [-0.39, 0.29) is 5.91 Å². The van der Waals surface area contributed by atoms with Crippen LogP contribution in [0.2, 0.25) is 5.02 Å². The van der Waals surface area contributed by atoms with Gasteiger partial charge in [0.2, 0.25) is 5.91 Å². The maximum absolute atomic E-state index is 11.8. The van der Waals surface area contributed by atoms with Gasteiger partial charge in [-0.1, -0.05) is 29.3 Å². The molecule has 0 unspecified atom stereocenters. The van der Waals surface area contributed by atoms with Gasteiger partial charge in [-0.05, 0) is 56.2 Å². The Kier molecular flexibility index (Phi) is 5.84. The number of hydrogen-bond donors (Lipinski definition) is 1. The molecule has 0 atom stereocenters. The molecule has 4 heteroatoms. The maximum atomic E-state index is 11.8. The van der Waals surface area contributed by atoms with Crippen molar-refractivity contribution in [1.29, 1.82) is 0 Å². The quantitative estimate of drug-likeness (QED) is 0.780. The van der Waals surface area contributed by atoms with E-state index in [0.717, 1.165) is 17.0 Å². The fraction of sp³-hybridized carbons (Fsp3) is 0.278. The fourth-order valence-corrected chi connectivity index (χ4v) is 2.28. The second-order valence-corrected chi connectivity index (χ2v) is 5.71. The lowest BCUT2D eigenvalue weighted by atomic mass is 10.2. The first-order chi connectivity index (χ1) is 10.5. The molecule has 1 amide bonds. The molecule has 3 nitrogen and oxygen atoms in total. The Hall–Kier alpha value is -2.00. The lowest BCUT2D eigenvalue weighted by Gasteiger charge is -2.09. The number of anilines is 1. The second-order valence-electron chi connectivity index (χ2n) is 5.28. The Morgan fingerprint density at radius 1 is 1.14 bits per heavy atom. The van der Waals surface area contributed by atoms with Crippen LogP contribution in [0.5, 0.6) is 5.75 Å². The molecule has 22 heavy (non-hydrogen) atoms. The van der Waals surface area contributed by atoms with E-state index < -0.39 is 0 Å². The van der Waals surface area contributed by atoms with Crippen LogP contribution in [0.25, 0.3) is 0 Å². The number of nitrogens with one attached hydrogen (secondary N) is 1. The van der Waals surface area contributed by atoms with E-state index in [9.17, 15) is 4.79 Å². The summed E-state index contributed by atoms with van der Waals surface area (Å²) in [4.78, 5) is 11.8. The normalized spacial score (nSPS) is 10.3. The maximum Gasteiger partial charge on any atom is 0.224 e. The standard InChI is InChI=1S/C18H20ClNO2/c1-13-5-8-16(9-6-13)20-18(21)4-3-11-22-17-10-7-15(19)12-14(17)2/h5-10,12H,3-4,11H2,1-2H3,(H,20,21). The number of ether oxygens (including phenoxy) is 1. The van der Waals surface area contributed by atoms with Crippen molar-refractivity contribution in [2.24, 2.45) is 0 Å². The van der Waals surface area contributed by atoms with Crippen molar-refractivity contribution in [3.05, 3.63) is 58.6 Å². The Morgan fingerprint density at radius 3 is 2.55 bits per heavy atom. The van der Waals surface area contributed by atoms with Gasteiger partial charge >= 0.3 is 0 Å². The molecule has 0 aliphatic carbocycles. The van der Waals surface area contributed by atoms with Gasteiger partial charge in [0.1, 0.15) is 5.75 Å². The zero-order valence-electron chi connectivity index (χ0n) is 12.9. The number of rotatable bonds is 6. The summed E-state index contributed by atoms with van der Waals surface area (Å²) in [6.07, 6.45) is 1.10. The zero-order valence-corrected chi connectivity index (χ0v) is 13.6. The number of carbonyl (C=O) groups excluding carboxylic acids is 1. The van der Waals surface area contributed by atoms with E-state index in [1.807, 2.05) is 50.2 Å². The Bertz CT molecular complexity index is 638. The first-order valence-corrected chi connectivity index (χ1v) is 7.68. The number of hydrogen-bond acceptors (Lipinski definition) is 2. The second kappa shape index (κ2) is 7.85. The molecule has 0 bridgehead atoms. The summed E-state index contributed by atoms with van der Waals surface area (Å²) in [5.41, 5.74) is 2.99. The van der Waals surface area contributed by atoms with Crippen LogP contribution in [0.15, 0.2) is 42.5 Å². The molecule has 1 N–H and O–H groups in total. The molecule has 0 aliphatic rings. The van der Waals surface area contributed by atoms with Crippen molar-refractivity contribution in [2.45, 2.75) is 26.7 Å². The van der Waals surface area contributed by atoms with Gasteiger partial charge in [0, 0.05) is 17.1 Å². The van der Waals surface area contributed by atoms with Crippen LogP contribution in [-0.2, 0) is 4.79 Å². The van der Waals surface area contributed by atoms with Crippen LogP contribution in [-0.4, -0.2) is 12.5 Å². The van der Waals surface area contributed by atoms with Gasteiger partial charge in [0.25, 0.3) is 0 Å². The number of amides is 1. The van der Waals surface area contributed by atoms with E-state index >= 15 is 0 Å². The van der Waals surface area contributed by atoms with E-state index in [0.29, 0.717) is 24.5 Å². The average Bonchev–Trinajstić information content (AvgIpc) is 2.48. The van der Waals surface area contributed by atoms with Crippen molar-refractivity contribution in [3.8, 4) is 5.75 Å². The Labute approximate surface area is 136 Å². The largest absolute Gasteiger partial charge is 0.493 e. The molecule has 0 saturated carbocycles. The van der Waals surface area contributed by atoms with Crippen LogP contribution >= 0.6 is 11.6 Å². The monoisotopic (exact) mass is 317 g/mol. The van der Waals surface area contributed by atoms with Crippen molar-refractivity contribution in [3.63, 3.8) is 0 Å². The van der Waals surface area contributed by atoms with Crippen molar-refractivity contribution < 1.29 is 9.53 Å². The summed E-state index contributed by atoms with van der Waals surface area (Å²) >= 11 is 5.90. The Morgan fingerprint density at radius 2 is 1.86 bits per heavy atom. The molecule has 0 heterocycles. The first kappa shape index (κ1) is 16.4. The van der Waals surface area contributed by atoms with Crippen LogP contribution < -0.4 is 10.1 Å². The molecule has 116 valence electrons. The third-order valence-corrected chi connectivity index (χ3v) is 3.51. The van der Waals surface area contributed by atoms with Crippen molar-refractivity contribution in [1.82, 2.24) is 0 Å². The van der Waals surface area contributed by atoms with E-state index in [1.54, 1.807) is 6.07 Å². The van der Waals surface area contributed by atoms with Gasteiger partial charge in [0.15, 0.2) is 0 Å². The predicted octanol–water partition coefficient (Wildman–Crippen LogP) is 4.75. The van der Waals surface area contributed by atoms with Crippen LogP contribution in [0.1, 0.15) is 24.0 Å². The smallest absolute Gasteiger partial charge is 0.224 e. The van der Waals surface area contributed by atoms with Gasteiger partial charge in [-0.15, -0.1) is 0 Å². The minimum Gasteiger partial charge on any atom is -0.493 e. The van der Waals surface area contributed by atoms with Crippen LogP contribution in [0.3, 0.4) is 0 Å². The number of benzene rings is 2. The molecule has 0 spiro atoms. The summed E-state index contributed by atoms with van der Waals surface area (Å²) in [7, 11) is 0. The van der Waals surface area contributed by atoms with Gasteiger partial charge in [-0.25, -0.2) is 0 Å². The molecule has 2 aromatic carbocycles. The molecule has 0 aliphatic heterocycles. The van der Waals surface area contributed by atoms with Gasteiger partial charge in [-0.2, -0.15) is 0 Å². The number of aryl methyl sites for hydroxylation is 2. The highest BCUT2D eigenvalue weighted by molar-refractivity contribution is 6.30. The molecule has 0 saturated heterocycles. The molecule has 0 aromatic heterocycles. The Balaban J connectivity index is 1.72. The highest BCUT2D eigenvalue weighted by Crippen LogP contribution is 2.22. The summed E-state index contributed by atoms with van der Waals surface area (Å²) in [6, 6.07) is 13.3. The topological polar surface area (TPSA) is 38.3 Å². The van der Waals surface area contributed by atoms with E-state index in [4.69, 9.17) is 16.3 Å². The van der Waals surface area contributed by atoms with Gasteiger partial charge in [-0.3, -0.25) is 4.79 Å². The van der Waals surface area contributed by atoms with E-state index in [2.05, 4.69) is 5.32 Å². The molecule has 0 fully saturated rings. The summed E-state index contributed by atoms with van der Waals surface area (Å²) in [5, 5.41) is 3.57. The van der Waals surface area contributed by atoms with Gasteiger partial charge < -0.3 is 10.1 Å². The molecular formula is C18H20ClNO2. The minimum absolute atomic E-state index is 0.000260. The average molecular weight is 318 g/mol. The molecule has 0 radical (unpaired) electrons. The molecular weight excluding hydrogens is 298 g/mol. The third-order valence-electron chi connectivity index (χ3n) is 3.28. The van der Waals surface area contributed by atoms with E-state index in [1.165, 1.54) is 5.56 Å². The number of carbonyl (C=O) groups is 1. The van der Waals surface area contributed by atoms with Crippen molar-refractivity contribution in [2.75, 3.05) is 11.9 Å². The minimum atomic E-state index is 0.000260. The van der Waals surface area contributed by atoms with Crippen LogP contribution in [0.4, 0.5) is 5.69 Å².